The fourth-order valence-corrected chi connectivity index (χ4v) is 3.36. The molecule has 0 spiro atoms. The lowest BCUT2D eigenvalue weighted by Crippen LogP contribution is -2.30. The van der Waals surface area contributed by atoms with Crippen molar-refractivity contribution in [1.29, 1.82) is 0 Å². The monoisotopic (exact) mass is 436 g/mol. The van der Waals surface area contributed by atoms with Gasteiger partial charge in [-0.25, -0.2) is 0 Å². The van der Waals surface area contributed by atoms with E-state index >= 15 is 0 Å². The standard InChI is InChI=1S/C24H24N2O6/c1-16(27)17-10-12-18(13-11-17)25-21(28)15-32-22(29)9-3-2-6-14-26-23(30)19-7-4-5-8-20(19)24(26)31/h4-5,7-8,10-13H,2-3,6,9,14-15H2,1H3,(H,25,28). The number of imide groups is 1. The molecule has 0 bridgehead atoms. The Kier molecular flexibility index (Phi) is 7.49. The number of benzene rings is 2. The molecule has 166 valence electrons. The minimum absolute atomic E-state index is 0.0690. The number of carbonyl (C=O) groups is 5. The fraction of sp³-hybridized carbons (Fsp3) is 0.292. The molecule has 2 aromatic carbocycles. The van der Waals surface area contributed by atoms with Gasteiger partial charge in [0.1, 0.15) is 0 Å². The zero-order valence-electron chi connectivity index (χ0n) is 17.8. The molecule has 0 unspecified atom stereocenters. The van der Waals surface area contributed by atoms with Gasteiger partial charge in [-0.15, -0.1) is 0 Å². The molecule has 1 aliphatic rings. The maximum absolute atomic E-state index is 12.3. The summed E-state index contributed by atoms with van der Waals surface area (Å²) in [5.74, 6) is -1.60. The highest BCUT2D eigenvalue weighted by Gasteiger charge is 2.34. The summed E-state index contributed by atoms with van der Waals surface area (Å²) in [6, 6.07) is 13.1. The van der Waals surface area contributed by atoms with Crippen LogP contribution in [0.3, 0.4) is 0 Å². The SMILES string of the molecule is CC(=O)c1ccc(NC(=O)COC(=O)CCCCCN2C(=O)c3ccccc3C2=O)cc1. The van der Waals surface area contributed by atoms with Crippen LogP contribution in [-0.4, -0.2) is 47.5 Å². The molecular formula is C24H24N2O6. The maximum Gasteiger partial charge on any atom is 0.306 e. The highest BCUT2D eigenvalue weighted by atomic mass is 16.5. The van der Waals surface area contributed by atoms with E-state index in [0.29, 0.717) is 48.2 Å². The van der Waals surface area contributed by atoms with Crippen LogP contribution in [0.5, 0.6) is 0 Å². The summed E-state index contributed by atoms with van der Waals surface area (Å²) in [4.78, 5) is 60.8. The molecule has 1 N–H and O–H groups in total. The van der Waals surface area contributed by atoms with Crippen LogP contribution in [0.1, 0.15) is 63.7 Å². The number of anilines is 1. The number of rotatable bonds is 10. The highest BCUT2D eigenvalue weighted by Crippen LogP contribution is 2.22. The van der Waals surface area contributed by atoms with Gasteiger partial charge in [-0.3, -0.25) is 28.9 Å². The van der Waals surface area contributed by atoms with E-state index in [0.717, 1.165) is 0 Å². The maximum atomic E-state index is 12.3. The van der Waals surface area contributed by atoms with Crippen molar-refractivity contribution < 1.29 is 28.7 Å². The molecule has 0 radical (unpaired) electrons. The van der Waals surface area contributed by atoms with Crippen molar-refractivity contribution in [2.75, 3.05) is 18.5 Å². The molecule has 8 heteroatoms. The van der Waals surface area contributed by atoms with Crippen molar-refractivity contribution in [2.45, 2.75) is 32.6 Å². The van der Waals surface area contributed by atoms with Crippen molar-refractivity contribution in [3.63, 3.8) is 0 Å². The van der Waals surface area contributed by atoms with Crippen molar-refractivity contribution in [3.8, 4) is 0 Å². The van der Waals surface area contributed by atoms with Crippen molar-refractivity contribution in [1.82, 2.24) is 4.90 Å². The van der Waals surface area contributed by atoms with E-state index in [4.69, 9.17) is 4.74 Å². The molecule has 3 amide bonds. The summed E-state index contributed by atoms with van der Waals surface area (Å²) < 4.78 is 4.97. The van der Waals surface area contributed by atoms with Gasteiger partial charge in [0.2, 0.25) is 0 Å². The Hall–Kier alpha value is -3.81. The van der Waals surface area contributed by atoms with Crippen LogP contribution in [0.4, 0.5) is 5.69 Å². The molecule has 1 heterocycles. The van der Waals surface area contributed by atoms with Gasteiger partial charge >= 0.3 is 5.97 Å². The van der Waals surface area contributed by atoms with E-state index in [1.165, 1.54) is 11.8 Å². The first-order valence-electron chi connectivity index (χ1n) is 10.4. The Morgan fingerprint density at radius 2 is 1.50 bits per heavy atom. The lowest BCUT2D eigenvalue weighted by molar-refractivity contribution is -0.147. The third-order valence-corrected chi connectivity index (χ3v) is 5.08. The fourth-order valence-electron chi connectivity index (χ4n) is 3.36. The molecule has 1 aliphatic heterocycles. The number of ketones is 1. The number of Topliss-reactive ketones (excluding diaryl/α,β-unsaturated/α-hetero) is 1. The molecule has 0 atom stereocenters. The lowest BCUT2D eigenvalue weighted by atomic mass is 10.1. The van der Waals surface area contributed by atoms with Gasteiger partial charge in [-0.1, -0.05) is 18.6 Å². The topological polar surface area (TPSA) is 110 Å². The van der Waals surface area contributed by atoms with Gasteiger partial charge in [-0.05, 0) is 56.2 Å². The van der Waals surface area contributed by atoms with E-state index in [2.05, 4.69) is 5.32 Å². The largest absolute Gasteiger partial charge is 0.456 e. The van der Waals surface area contributed by atoms with Crippen molar-refractivity contribution in [3.05, 3.63) is 65.2 Å². The number of amides is 3. The Bertz CT molecular complexity index is 1010. The van der Waals surface area contributed by atoms with Gasteiger partial charge < -0.3 is 10.1 Å². The molecule has 2 aromatic rings. The predicted molar refractivity (Wildman–Crippen MR) is 116 cm³/mol. The van der Waals surface area contributed by atoms with Crippen LogP contribution in [0.25, 0.3) is 0 Å². The van der Waals surface area contributed by atoms with E-state index in [1.54, 1.807) is 48.5 Å². The van der Waals surface area contributed by atoms with Crippen molar-refractivity contribution in [2.24, 2.45) is 0 Å². The van der Waals surface area contributed by atoms with Crippen LogP contribution >= 0.6 is 0 Å². The number of nitrogens with zero attached hydrogens (tertiary/aromatic N) is 1. The Balaban J connectivity index is 1.30. The minimum atomic E-state index is -0.493. The summed E-state index contributed by atoms with van der Waals surface area (Å²) in [6.07, 6.45) is 1.88. The molecule has 0 aliphatic carbocycles. The average Bonchev–Trinajstić information content (AvgIpc) is 3.03. The average molecular weight is 436 g/mol. The second-order valence-corrected chi connectivity index (χ2v) is 7.46. The lowest BCUT2D eigenvalue weighted by Gasteiger charge is -2.13. The van der Waals surface area contributed by atoms with Crippen LogP contribution in [-0.2, 0) is 14.3 Å². The zero-order valence-corrected chi connectivity index (χ0v) is 17.8. The van der Waals surface area contributed by atoms with Crippen molar-refractivity contribution >= 4 is 35.2 Å². The van der Waals surface area contributed by atoms with Gasteiger partial charge in [0.15, 0.2) is 12.4 Å². The molecule has 8 nitrogen and oxygen atoms in total. The van der Waals surface area contributed by atoms with E-state index in [9.17, 15) is 24.0 Å². The number of hydrogen-bond acceptors (Lipinski definition) is 6. The zero-order chi connectivity index (χ0) is 23.1. The van der Waals surface area contributed by atoms with Gasteiger partial charge in [-0.2, -0.15) is 0 Å². The summed E-state index contributed by atoms with van der Waals surface area (Å²) in [5, 5.41) is 2.59. The third-order valence-electron chi connectivity index (χ3n) is 5.08. The Morgan fingerprint density at radius 3 is 2.09 bits per heavy atom. The number of unbranched alkanes of at least 4 members (excludes halogenated alkanes) is 2. The van der Waals surface area contributed by atoms with Crippen LogP contribution in [0, 0.1) is 0 Å². The van der Waals surface area contributed by atoms with E-state index in [1.807, 2.05) is 0 Å². The number of nitrogens with one attached hydrogen (secondary N) is 1. The molecule has 32 heavy (non-hydrogen) atoms. The van der Waals surface area contributed by atoms with Gasteiger partial charge in [0.25, 0.3) is 17.7 Å². The molecule has 0 saturated carbocycles. The summed E-state index contributed by atoms with van der Waals surface area (Å²) >= 11 is 0. The normalized spacial score (nSPS) is 12.5. The minimum Gasteiger partial charge on any atom is -0.456 e. The van der Waals surface area contributed by atoms with Crippen LogP contribution in [0.2, 0.25) is 0 Å². The quantitative estimate of drug-likeness (QED) is 0.265. The summed E-state index contributed by atoms with van der Waals surface area (Å²) in [5.41, 5.74) is 1.89. The van der Waals surface area contributed by atoms with E-state index in [-0.39, 0.29) is 24.0 Å². The van der Waals surface area contributed by atoms with Crippen LogP contribution in [0.15, 0.2) is 48.5 Å². The summed E-state index contributed by atoms with van der Waals surface area (Å²) in [6.45, 7) is 1.35. The Labute approximate surface area is 185 Å². The molecule has 0 aromatic heterocycles. The molecular weight excluding hydrogens is 412 g/mol. The van der Waals surface area contributed by atoms with Crippen LogP contribution < -0.4 is 5.32 Å². The second kappa shape index (κ2) is 10.5. The molecule has 0 fully saturated rings. The molecule has 3 rings (SSSR count). The second-order valence-electron chi connectivity index (χ2n) is 7.46. The predicted octanol–water partition coefficient (Wildman–Crippen LogP) is 3.23. The van der Waals surface area contributed by atoms with Gasteiger partial charge in [0, 0.05) is 24.2 Å². The Morgan fingerprint density at radius 1 is 0.875 bits per heavy atom. The number of fused-ring (bicyclic) bond motifs is 1. The number of carbonyl (C=O) groups excluding carboxylic acids is 5. The highest BCUT2D eigenvalue weighted by molar-refractivity contribution is 6.21. The summed E-state index contributed by atoms with van der Waals surface area (Å²) in [7, 11) is 0. The smallest absolute Gasteiger partial charge is 0.306 e. The third kappa shape index (κ3) is 5.66. The molecule has 0 saturated heterocycles. The first kappa shape index (κ1) is 22.9. The number of esters is 1. The number of ether oxygens (including phenoxy) is 1. The number of hydrogen-bond donors (Lipinski definition) is 1. The van der Waals surface area contributed by atoms with E-state index < -0.39 is 18.5 Å². The first-order chi connectivity index (χ1) is 15.4. The van der Waals surface area contributed by atoms with Gasteiger partial charge in [0.05, 0.1) is 11.1 Å². The first-order valence-corrected chi connectivity index (χ1v) is 10.4.